The highest BCUT2D eigenvalue weighted by Gasteiger charge is 2.26. The molecule has 1 unspecified atom stereocenters. The summed E-state index contributed by atoms with van der Waals surface area (Å²) < 4.78 is 5.60. The van der Waals surface area contributed by atoms with E-state index in [0.29, 0.717) is 11.8 Å². The average molecular weight is 233 g/mol. The third-order valence-electron chi connectivity index (χ3n) is 3.09. The zero-order valence-corrected chi connectivity index (χ0v) is 10.8. The van der Waals surface area contributed by atoms with Crippen LogP contribution in [-0.4, -0.2) is 12.5 Å². The van der Waals surface area contributed by atoms with Crippen LogP contribution in [0.1, 0.15) is 50.7 Å². The fourth-order valence-electron chi connectivity index (χ4n) is 2.05. The molecule has 17 heavy (non-hydrogen) atoms. The lowest BCUT2D eigenvalue weighted by molar-refractivity contribution is -0.112. The van der Waals surface area contributed by atoms with Crippen LogP contribution in [0.4, 0.5) is 5.69 Å². The van der Waals surface area contributed by atoms with Crippen molar-refractivity contribution in [1.82, 2.24) is 0 Å². The lowest BCUT2D eigenvalue weighted by atomic mass is 9.94. The van der Waals surface area contributed by atoms with Crippen molar-refractivity contribution in [2.24, 2.45) is 0 Å². The van der Waals surface area contributed by atoms with E-state index in [-0.39, 0.29) is 0 Å². The van der Waals surface area contributed by atoms with Crippen molar-refractivity contribution in [2.45, 2.75) is 45.8 Å². The Kier molecular flexibility index (Phi) is 3.09. The van der Waals surface area contributed by atoms with Crippen molar-refractivity contribution >= 4 is 12.0 Å². The molecule has 3 nitrogen and oxygen atoms in total. The van der Waals surface area contributed by atoms with Crippen LogP contribution in [0.25, 0.3) is 0 Å². The molecule has 0 aromatic heterocycles. The summed E-state index contributed by atoms with van der Waals surface area (Å²) in [5.41, 5.74) is 3.38. The van der Waals surface area contributed by atoms with Crippen LogP contribution in [0.15, 0.2) is 12.1 Å². The maximum atomic E-state index is 10.8. The molecule has 92 valence electrons. The molecule has 2 rings (SSSR count). The van der Waals surface area contributed by atoms with Crippen LogP contribution < -0.4 is 10.1 Å². The van der Waals surface area contributed by atoms with Gasteiger partial charge in [-0.15, -0.1) is 0 Å². The lowest BCUT2D eigenvalue weighted by Crippen LogP contribution is -2.21. The molecular weight excluding hydrogens is 214 g/mol. The number of aldehydes is 1. The molecule has 1 aliphatic rings. The van der Waals surface area contributed by atoms with Gasteiger partial charge in [0, 0.05) is 0 Å². The van der Waals surface area contributed by atoms with Crippen LogP contribution in [0.3, 0.4) is 0 Å². The van der Waals surface area contributed by atoms with Crippen LogP contribution in [0.5, 0.6) is 5.75 Å². The third-order valence-corrected chi connectivity index (χ3v) is 3.09. The Bertz CT molecular complexity index is 438. The van der Waals surface area contributed by atoms with E-state index in [9.17, 15) is 4.79 Å². The molecule has 0 spiro atoms. The second-order valence-corrected chi connectivity index (χ2v) is 5.12. The van der Waals surface area contributed by atoms with Gasteiger partial charge < -0.3 is 10.1 Å². The summed E-state index contributed by atoms with van der Waals surface area (Å²) in [7, 11) is 0. The zero-order chi connectivity index (χ0) is 12.6. The predicted octanol–water partition coefficient (Wildman–Crippen LogP) is 3.26. The number of fused-ring (bicyclic) bond motifs is 1. The van der Waals surface area contributed by atoms with Gasteiger partial charge in [-0.25, -0.2) is 0 Å². The van der Waals surface area contributed by atoms with Crippen molar-refractivity contribution < 1.29 is 9.53 Å². The van der Waals surface area contributed by atoms with E-state index >= 15 is 0 Å². The van der Waals surface area contributed by atoms with Crippen LogP contribution >= 0.6 is 0 Å². The molecule has 3 heteroatoms. The Morgan fingerprint density at radius 2 is 1.94 bits per heavy atom. The van der Waals surface area contributed by atoms with Gasteiger partial charge in [-0.3, -0.25) is 4.79 Å². The van der Waals surface area contributed by atoms with Gasteiger partial charge in [0.25, 0.3) is 0 Å². The van der Waals surface area contributed by atoms with Gasteiger partial charge in [-0.05, 0) is 29.0 Å². The summed E-state index contributed by atoms with van der Waals surface area (Å²) in [5, 5.41) is 3.08. The molecule has 1 aliphatic heterocycles. The highest BCUT2D eigenvalue weighted by atomic mass is 16.5. The van der Waals surface area contributed by atoms with Crippen molar-refractivity contribution in [3.8, 4) is 5.75 Å². The Morgan fingerprint density at radius 1 is 1.24 bits per heavy atom. The van der Waals surface area contributed by atoms with Crippen LogP contribution in [-0.2, 0) is 4.79 Å². The molecule has 1 atom stereocenters. The van der Waals surface area contributed by atoms with E-state index in [4.69, 9.17) is 4.74 Å². The van der Waals surface area contributed by atoms with Gasteiger partial charge in [-0.2, -0.15) is 0 Å². The number of carbonyl (C=O) groups is 1. The van der Waals surface area contributed by atoms with E-state index in [1.165, 1.54) is 11.1 Å². The molecule has 0 saturated carbocycles. The van der Waals surface area contributed by atoms with Gasteiger partial charge >= 0.3 is 0 Å². The minimum absolute atomic E-state index is 0.384. The standard InChI is InChI=1S/C14H19NO2/c1-8(2)10-5-11(9(3)4)14-12(6-10)15-13(7-16)17-14/h5-9,13,15H,1-4H3. The fourth-order valence-corrected chi connectivity index (χ4v) is 2.05. The summed E-state index contributed by atoms with van der Waals surface area (Å²) in [6.45, 7) is 8.60. The van der Waals surface area contributed by atoms with Gasteiger partial charge in [0.15, 0.2) is 6.29 Å². The van der Waals surface area contributed by atoms with Gasteiger partial charge in [0.1, 0.15) is 5.75 Å². The lowest BCUT2D eigenvalue weighted by Gasteiger charge is -2.14. The summed E-state index contributed by atoms with van der Waals surface area (Å²) >= 11 is 0. The van der Waals surface area contributed by atoms with E-state index in [0.717, 1.165) is 17.7 Å². The second kappa shape index (κ2) is 4.40. The smallest absolute Gasteiger partial charge is 0.226 e. The molecule has 1 N–H and O–H groups in total. The Balaban J connectivity index is 2.49. The first-order valence-corrected chi connectivity index (χ1v) is 6.09. The largest absolute Gasteiger partial charge is 0.461 e. The number of carbonyl (C=O) groups excluding carboxylic acids is 1. The SMILES string of the molecule is CC(C)c1cc2c(c(C(C)C)c1)OC(C=O)N2. The highest BCUT2D eigenvalue weighted by molar-refractivity contribution is 5.73. The predicted molar refractivity (Wildman–Crippen MR) is 68.7 cm³/mol. The summed E-state index contributed by atoms with van der Waals surface area (Å²) in [6, 6.07) is 4.26. The molecular formula is C14H19NO2. The third kappa shape index (κ3) is 2.14. The fraction of sp³-hybridized carbons (Fsp3) is 0.500. The van der Waals surface area contributed by atoms with E-state index in [2.05, 4.69) is 45.1 Å². The topological polar surface area (TPSA) is 38.3 Å². The molecule has 1 aromatic rings. The van der Waals surface area contributed by atoms with Crippen LogP contribution in [0, 0.1) is 0 Å². The normalized spacial score (nSPS) is 17.9. The Labute approximate surface area is 102 Å². The molecule has 0 fully saturated rings. The second-order valence-electron chi connectivity index (χ2n) is 5.12. The van der Waals surface area contributed by atoms with Gasteiger partial charge in [-0.1, -0.05) is 33.8 Å². The summed E-state index contributed by atoms with van der Waals surface area (Å²) in [5.74, 6) is 1.69. The molecule has 0 bridgehead atoms. The monoisotopic (exact) mass is 233 g/mol. The quantitative estimate of drug-likeness (QED) is 0.814. The first-order valence-electron chi connectivity index (χ1n) is 6.09. The number of nitrogens with one attached hydrogen (secondary N) is 1. The molecule has 0 amide bonds. The highest BCUT2D eigenvalue weighted by Crippen LogP contribution is 2.41. The zero-order valence-electron chi connectivity index (χ0n) is 10.8. The number of hydrogen-bond donors (Lipinski definition) is 1. The maximum Gasteiger partial charge on any atom is 0.226 e. The number of hydrogen-bond acceptors (Lipinski definition) is 3. The van der Waals surface area contributed by atoms with Gasteiger partial charge in [0.2, 0.25) is 6.23 Å². The van der Waals surface area contributed by atoms with Crippen LogP contribution in [0.2, 0.25) is 0 Å². The number of benzene rings is 1. The number of rotatable bonds is 3. The summed E-state index contributed by atoms with van der Waals surface area (Å²) in [4.78, 5) is 10.8. The van der Waals surface area contributed by atoms with Crippen molar-refractivity contribution in [3.05, 3.63) is 23.3 Å². The first-order chi connectivity index (χ1) is 8.02. The molecule has 0 radical (unpaired) electrons. The molecule has 0 aliphatic carbocycles. The molecule has 0 saturated heterocycles. The van der Waals surface area contributed by atoms with Gasteiger partial charge in [0.05, 0.1) is 5.69 Å². The van der Waals surface area contributed by atoms with E-state index in [1.807, 2.05) is 0 Å². The van der Waals surface area contributed by atoms with Crippen molar-refractivity contribution in [2.75, 3.05) is 5.32 Å². The number of ether oxygens (including phenoxy) is 1. The Morgan fingerprint density at radius 3 is 2.47 bits per heavy atom. The first kappa shape index (κ1) is 12.0. The number of anilines is 1. The maximum absolute atomic E-state index is 10.8. The van der Waals surface area contributed by atoms with Crippen molar-refractivity contribution in [3.63, 3.8) is 0 Å². The Hall–Kier alpha value is -1.51. The summed E-state index contributed by atoms with van der Waals surface area (Å²) in [6.07, 6.45) is 0.254. The molecule has 1 aromatic carbocycles. The molecule has 1 heterocycles. The van der Waals surface area contributed by atoms with E-state index in [1.54, 1.807) is 0 Å². The minimum atomic E-state index is -0.537. The average Bonchev–Trinajstić information content (AvgIpc) is 2.69. The van der Waals surface area contributed by atoms with Crippen molar-refractivity contribution in [1.29, 1.82) is 0 Å². The van der Waals surface area contributed by atoms with E-state index < -0.39 is 6.23 Å². The minimum Gasteiger partial charge on any atom is -0.461 e.